The van der Waals surface area contributed by atoms with Crippen molar-refractivity contribution >= 4 is 35.3 Å². The summed E-state index contributed by atoms with van der Waals surface area (Å²) in [4.78, 5) is 33.6. The molecule has 3 amide bonds. The molecular formula is C39H49ClN4O9S. The summed E-state index contributed by atoms with van der Waals surface area (Å²) in [5.41, 5.74) is 3.53. The van der Waals surface area contributed by atoms with E-state index < -0.39 is 42.5 Å². The van der Waals surface area contributed by atoms with Gasteiger partial charge in [0.05, 0.1) is 24.9 Å². The number of aliphatic hydroxyl groups excluding tert-OH is 5. The van der Waals surface area contributed by atoms with Crippen LogP contribution in [0.3, 0.4) is 0 Å². The van der Waals surface area contributed by atoms with Gasteiger partial charge in [-0.15, -0.1) is 11.8 Å². The maximum atomic E-state index is 13.2. The van der Waals surface area contributed by atoms with Gasteiger partial charge in [-0.2, -0.15) is 0 Å². The lowest BCUT2D eigenvalue weighted by atomic mass is 9.96. The molecule has 2 aliphatic carbocycles. The van der Waals surface area contributed by atoms with Crippen LogP contribution < -0.4 is 10.1 Å². The smallest absolute Gasteiger partial charge is 0.317 e. The van der Waals surface area contributed by atoms with E-state index in [4.69, 9.17) is 26.2 Å². The van der Waals surface area contributed by atoms with Crippen molar-refractivity contribution < 1.29 is 44.6 Å². The zero-order chi connectivity index (χ0) is 38.2. The first-order chi connectivity index (χ1) is 26.1. The maximum absolute atomic E-state index is 13.2. The Bertz CT molecular complexity index is 1750. The van der Waals surface area contributed by atoms with Crippen molar-refractivity contribution in [2.24, 2.45) is 0 Å². The second-order valence-electron chi connectivity index (χ2n) is 14.0. The summed E-state index contributed by atoms with van der Waals surface area (Å²) in [6.07, 6.45) is 1.43. The highest BCUT2D eigenvalue weighted by Crippen LogP contribution is 2.53. The van der Waals surface area contributed by atoms with Gasteiger partial charge in [0.1, 0.15) is 24.1 Å². The molecule has 2 saturated carbocycles. The number of aliphatic hydroxyl groups is 5. The maximum Gasteiger partial charge on any atom is 0.317 e. The molecule has 6 N–H and O–H groups in total. The number of urea groups is 1. The van der Waals surface area contributed by atoms with E-state index in [9.17, 15) is 30.0 Å². The molecule has 4 atom stereocenters. The molecule has 3 aliphatic rings. The first-order valence-electron chi connectivity index (χ1n) is 18.5. The normalized spacial score (nSPS) is 18.5. The quantitative estimate of drug-likeness (QED) is 0.0688. The van der Waals surface area contributed by atoms with Gasteiger partial charge in [0.15, 0.2) is 6.10 Å². The number of amides is 3. The number of carbonyl (C=O) groups is 2. The molecule has 2 heterocycles. The number of hydrogen-bond donors (Lipinski definition) is 6. The van der Waals surface area contributed by atoms with Gasteiger partial charge in [-0.25, -0.2) is 4.79 Å². The third kappa shape index (κ3) is 10.0. The van der Waals surface area contributed by atoms with Crippen LogP contribution in [0.5, 0.6) is 5.75 Å². The van der Waals surface area contributed by atoms with Gasteiger partial charge in [-0.1, -0.05) is 29.8 Å². The molecule has 3 fully saturated rings. The van der Waals surface area contributed by atoms with E-state index in [1.807, 2.05) is 48.7 Å². The van der Waals surface area contributed by atoms with Gasteiger partial charge in [-0.3, -0.25) is 9.78 Å². The van der Waals surface area contributed by atoms with Crippen LogP contribution in [-0.2, 0) is 21.7 Å². The minimum atomic E-state index is -2.03. The second kappa shape index (κ2) is 18.4. The Labute approximate surface area is 324 Å². The van der Waals surface area contributed by atoms with Crippen molar-refractivity contribution in [3.8, 4) is 16.9 Å². The molecule has 54 heavy (non-hydrogen) atoms. The first-order valence-corrected chi connectivity index (χ1v) is 19.9. The van der Waals surface area contributed by atoms with Gasteiger partial charge in [-0.05, 0) is 85.7 Å². The van der Waals surface area contributed by atoms with E-state index in [-0.39, 0.29) is 31.8 Å². The lowest BCUT2D eigenvalue weighted by molar-refractivity contribution is -0.158. The van der Waals surface area contributed by atoms with Crippen molar-refractivity contribution in [1.82, 2.24) is 20.1 Å². The minimum absolute atomic E-state index is 0.102. The number of thioether (sulfide) groups is 1. The van der Waals surface area contributed by atoms with E-state index in [0.29, 0.717) is 37.6 Å². The molecule has 6 rings (SSSR count). The monoisotopic (exact) mass is 784 g/mol. The van der Waals surface area contributed by atoms with Crippen molar-refractivity contribution in [3.63, 3.8) is 0 Å². The van der Waals surface area contributed by atoms with E-state index >= 15 is 0 Å². The number of hydrogen-bond acceptors (Lipinski definition) is 11. The van der Waals surface area contributed by atoms with E-state index in [1.54, 1.807) is 22.9 Å². The van der Waals surface area contributed by atoms with Gasteiger partial charge in [0.2, 0.25) is 0 Å². The number of aromatic nitrogens is 1. The van der Waals surface area contributed by atoms with Crippen molar-refractivity contribution in [3.05, 3.63) is 77.1 Å². The van der Waals surface area contributed by atoms with Crippen LogP contribution in [0.2, 0.25) is 5.02 Å². The number of ether oxygens (including phenoxy) is 2. The third-order valence-electron chi connectivity index (χ3n) is 10.0. The zero-order valence-electron chi connectivity index (χ0n) is 30.1. The molecular weight excluding hydrogens is 736 g/mol. The number of nitrogens with zero attached hydrogens (tertiary/aromatic N) is 3. The van der Waals surface area contributed by atoms with E-state index in [1.165, 1.54) is 4.90 Å². The van der Waals surface area contributed by atoms with E-state index in [0.717, 1.165) is 64.3 Å². The molecule has 0 spiro atoms. The third-order valence-corrected chi connectivity index (χ3v) is 11.5. The molecule has 15 heteroatoms. The number of rotatable bonds is 21. The second-order valence-corrected chi connectivity index (χ2v) is 15.6. The predicted molar refractivity (Wildman–Crippen MR) is 203 cm³/mol. The molecule has 1 saturated heterocycles. The highest BCUT2D eigenvalue weighted by molar-refractivity contribution is 7.99. The SMILES string of the molecule is O=C1NCCN1CCN(CCCCSc1ccc(Cl)c(COC2(c3cnccc3-c3ccccc3OC3CC3)CC2)c1)C(=O)[C@@H](O)[C@@H](O)[C@H](O)[C@@H](O)CO. The number of carbonyl (C=O) groups excluding carboxylic acids is 2. The zero-order valence-corrected chi connectivity index (χ0v) is 31.6. The fraction of sp³-hybridized carbons (Fsp3) is 0.513. The molecule has 13 nitrogen and oxygen atoms in total. The fourth-order valence-corrected chi connectivity index (χ4v) is 7.62. The van der Waals surface area contributed by atoms with Crippen LogP contribution in [0.4, 0.5) is 4.79 Å². The average molecular weight is 785 g/mol. The summed E-state index contributed by atoms with van der Waals surface area (Å²) < 4.78 is 12.9. The molecule has 2 aromatic carbocycles. The van der Waals surface area contributed by atoms with Gasteiger partial charge in [0, 0.05) is 66.2 Å². The number of pyridine rings is 1. The van der Waals surface area contributed by atoms with Crippen LogP contribution >= 0.6 is 23.4 Å². The number of para-hydroxylation sites is 1. The van der Waals surface area contributed by atoms with Gasteiger partial charge in [0.25, 0.3) is 5.91 Å². The first kappa shape index (κ1) is 40.2. The van der Waals surface area contributed by atoms with Gasteiger partial charge < -0.3 is 50.1 Å². The summed E-state index contributed by atoms with van der Waals surface area (Å²) in [7, 11) is 0. The molecule has 0 unspecified atom stereocenters. The highest BCUT2D eigenvalue weighted by atomic mass is 35.5. The molecule has 0 radical (unpaired) electrons. The van der Waals surface area contributed by atoms with Crippen molar-refractivity contribution in [2.75, 3.05) is 45.1 Å². The summed E-state index contributed by atoms with van der Waals surface area (Å²) in [6, 6.07) is 15.8. The molecule has 0 bridgehead atoms. The Hall–Kier alpha value is -3.47. The Balaban J connectivity index is 1.03. The van der Waals surface area contributed by atoms with Crippen LogP contribution in [0, 0.1) is 0 Å². The molecule has 292 valence electrons. The Kier molecular flexibility index (Phi) is 13.7. The number of unbranched alkanes of at least 4 members (excludes halogenated alkanes) is 1. The Morgan fingerprint density at radius 1 is 1.06 bits per heavy atom. The van der Waals surface area contributed by atoms with Crippen molar-refractivity contribution in [2.45, 2.75) is 86.1 Å². The predicted octanol–water partition coefficient (Wildman–Crippen LogP) is 3.31. The summed E-state index contributed by atoms with van der Waals surface area (Å²) >= 11 is 8.29. The Morgan fingerprint density at radius 2 is 1.85 bits per heavy atom. The lowest BCUT2D eigenvalue weighted by Gasteiger charge is -2.31. The van der Waals surface area contributed by atoms with Gasteiger partial charge >= 0.3 is 6.03 Å². The summed E-state index contributed by atoms with van der Waals surface area (Å²) in [5, 5.41) is 53.1. The summed E-state index contributed by atoms with van der Waals surface area (Å²) in [5.74, 6) is 0.748. The summed E-state index contributed by atoms with van der Waals surface area (Å²) in [6.45, 7) is 0.994. The largest absolute Gasteiger partial charge is 0.490 e. The average Bonchev–Trinajstić information content (AvgIpc) is 4.13. The molecule has 1 aromatic heterocycles. The molecule has 3 aromatic rings. The lowest BCUT2D eigenvalue weighted by Crippen LogP contribution is -2.53. The number of nitrogens with one attached hydrogen (secondary N) is 1. The Morgan fingerprint density at radius 3 is 2.57 bits per heavy atom. The van der Waals surface area contributed by atoms with Crippen molar-refractivity contribution in [1.29, 1.82) is 0 Å². The molecule has 1 aliphatic heterocycles. The number of halogens is 1. The number of benzene rings is 2. The minimum Gasteiger partial charge on any atom is -0.490 e. The van der Waals surface area contributed by atoms with E-state index in [2.05, 4.69) is 16.4 Å². The van der Waals surface area contributed by atoms with Crippen LogP contribution in [0.25, 0.3) is 11.1 Å². The standard InChI is InChI=1S/C39H49ClN4O9S/c40-31-10-9-27(54-20-4-3-16-43(18-19-44-17-15-42-38(44)51)37(50)36(49)35(48)34(47)32(46)23-45)21-25(31)24-52-39(12-13-39)30-22-41-14-11-28(30)29-5-1-2-6-33(29)53-26-7-8-26/h1-2,5-6,9-11,14,21-22,26,32,34-36,45-49H,3-4,7-8,12-13,15-20,23-24H2,(H,42,51)/t32-,34+,35-,36-/m0/s1. The topological polar surface area (TPSA) is 185 Å². The van der Waals surface area contributed by atoms with Crippen LogP contribution in [-0.4, -0.2) is 128 Å². The van der Waals surface area contributed by atoms with Crippen LogP contribution in [0.1, 0.15) is 49.7 Å². The highest BCUT2D eigenvalue weighted by Gasteiger charge is 2.48. The fourth-order valence-electron chi connectivity index (χ4n) is 6.47. The van der Waals surface area contributed by atoms with Crippen LogP contribution in [0.15, 0.2) is 65.8 Å².